The third-order valence-corrected chi connectivity index (χ3v) is 2.51. The second-order valence-electron chi connectivity index (χ2n) is 3.71. The number of esters is 1. The first kappa shape index (κ1) is 10.7. The molecule has 0 unspecified atom stereocenters. The van der Waals surface area contributed by atoms with E-state index in [0.717, 1.165) is 5.56 Å². The first-order chi connectivity index (χ1) is 7.75. The van der Waals surface area contributed by atoms with Gasteiger partial charge in [-0.25, -0.2) is 0 Å². The summed E-state index contributed by atoms with van der Waals surface area (Å²) in [5.74, 6) is -0.325. The molecule has 2 rings (SSSR count). The van der Waals surface area contributed by atoms with E-state index in [1.165, 1.54) is 4.90 Å². The minimum Gasteiger partial charge on any atom is -0.459 e. The zero-order valence-electron chi connectivity index (χ0n) is 8.89. The minimum absolute atomic E-state index is 0.0247. The van der Waals surface area contributed by atoms with E-state index < -0.39 is 0 Å². The summed E-state index contributed by atoms with van der Waals surface area (Å²) in [5.41, 5.74) is 0.950. The second-order valence-corrected chi connectivity index (χ2v) is 3.71. The summed E-state index contributed by atoms with van der Waals surface area (Å²) in [6.07, 6.45) is 0.548. The van der Waals surface area contributed by atoms with Crippen molar-refractivity contribution in [3.63, 3.8) is 0 Å². The van der Waals surface area contributed by atoms with E-state index in [4.69, 9.17) is 4.74 Å². The van der Waals surface area contributed by atoms with Crippen LogP contribution in [0.2, 0.25) is 0 Å². The monoisotopic (exact) mass is 222 g/mol. The zero-order chi connectivity index (χ0) is 11.4. The van der Waals surface area contributed by atoms with Gasteiger partial charge in [0, 0.05) is 13.0 Å². The molecule has 4 nitrogen and oxygen atoms in total. The number of likely N-dealkylation sites (tertiary alicyclic amines) is 1. The van der Waals surface area contributed by atoms with E-state index in [-0.39, 0.29) is 25.0 Å². The Hall–Kier alpha value is -1.84. The van der Waals surface area contributed by atoms with Gasteiger partial charge in [0.1, 0.15) is 13.2 Å². The zero-order valence-corrected chi connectivity index (χ0v) is 8.89. The Bertz CT molecular complexity index is 389. The Morgan fingerprint density at radius 2 is 2.06 bits per heavy atom. The molecule has 1 aliphatic rings. The third kappa shape index (κ3) is 2.59. The van der Waals surface area contributed by atoms with Crippen molar-refractivity contribution in [3.05, 3.63) is 35.9 Å². The average molecular weight is 222 g/mol. The maximum absolute atomic E-state index is 11.3. The Morgan fingerprint density at radius 1 is 1.31 bits per heavy atom. The SMILES string of the molecule is O=[13C]([13CH2]N1CC[13C]1=O)OCc1ccccc1. The lowest BCUT2D eigenvalue weighted by Crippen LogP contribution is -2.46. The Kier molecular flexibility index (Phi) is 3.19. The van der Waals surface area contributed by atoms with Crippen molar-refractivity contribution < 1.29 is 14.3 Å². The normalized spacial score (nSPS) is 14.5. The Labute approximate surface area is 93.8 Å². The van der Waals surface area contributed by atoms with Crippen LogP contribution >= 0.6 is 0 Å². The fourth-order valence-corrected chi connectivity index (χ4v) is 1.47. The summed E-state index contributed by atoms with van der Waals surface area (Å²) in [5, 5.41) is 0. The average Bonchev–Trinajstić information content (AvgIpc) is 2.33. The first-order valence-corrected chi connectivity index (χ1v) is 5.23. The number of amides is 1. The van der Waals surface area contributed by atoms with Crippen molar-refractivity contribution >= 4 is 11.9 Å². The molecule has 0 saturated carbocycles. The molecule has 0 radical (unpaired) electrons. The van der Waals surface area contributed by atoms with Crippen LogP contribution in [0.1, 0.15) is 12.0 Å². The molecule has 1 saturated heterocycles. The molecule has 1 fully saturated rings. The standard InChI is InChI=1S/C12H13NO3/c14-11-6-7-13(11)8-12(15)16-9-10-4-2-1-3-5-10/h1-5H,6-9H2/i8+1,11+1,12+1. The van der Waals surface area contributed by atoms with E-state index in [9.17, 15) is 9.59 Å². The third-order valence-electron chi connectivity index (χ3n) is 2.51. The van der Waals surface area contributed by atoms with Gasteiger partial charge in [-0.15, -0.1) is 0 Å². The van der Waals surface area contributed by atoms with Gasteiger partial charge in [0.25, 0.3) is 0 Å². The largest absolute Gasteiger partial charge is 0.459 e. The van der Waals surface area contributed by atoms with Crippen molar-refractivity contribution in [2.75, 3.05) is 13.1 Å². The number of nitrogens with zero attached hydrogens (tertiary/aromatic N) is 1. The van der Waals surface area contributed by atoms with Crippen LogP contribution in [-0.2, 0) is 20.9 Å². The molecule has 0 bridgehead atoms. The van der Waals surface area contributed by atoms with E-state index in [0.29, 0.717) is 13.0 Å². The highest BCUT2D eigenvalue weighted by atomic mass is 16.6. The van der Waals surface area contributed by atoms with E-state index in [2.05, 4.69) is 0 Å². The van der Waals surface area contributed by atoms with Crippen LogP contribution < -0.4 is 0 Å². The van der Waals surface area contributed by atoms with Gasteiger partial charge in [0.05, 0.1) is 0 Å². The molecule has 4 heteroatoms. The van der Waals surface area contributed by atoms with Crippen LogP contribution in [0.4, 0.5) is 0 Å². The highest BCUT2D eigenvalue weighted by molar-refractivity contribution is 5.86. The van der Waals surface area contributed by atoms with Crippen LogP contribution in [0, 0.1) is 0 Å². The van der Waals surface area contributed by atoms with Crippen molar-refractivity contribution in [1.82, 2.24) is 4.90 Å². The molecular formula is C12H13NO3. The number of carbonyl (C=O) groups is 2. The second kappa shape index (κ2) is 4.79. The van der Waals surface area contributed by atoms with Gasteiger partial charge in [-0.2, -0.15) is 0 Å². The number of carbonyl (C=O) groups excluding carboxylic acids is 2. The van der Waals surface area contributed by atoms with E-state index in [1.54, 1.807) is 0 Å². The summed E-state index contributed by atoms with van der Waals surface area (Å²) in [6.45, 7) is 1.01. The molecule has 1 aliphatic heterocycles. The number of benzene rings is 1. The molecule has 1 heterocycles. The summed E-state index contributed by atoms with van der Waals surface area (Å²) >= 11 is 0. The predicted octanol–water partition coefficient (Wildman–Crippen LogP) is 0.962. The lowest BCUT2D eigenvalue weighted by molar-refractivity contribution is -0.154. The molecule has 84 valence electrons. The molecular weight excluding hydrogens is 209 g/mol. The summed E-state index contributed by atoms with van der Waals surface area (Å²) in [4.78, 5) is 23.8. The van der Waals surface area contributed by atoms with Crippen LogP contribution in [0.25, 0.3) is 0 Å². The smallest absolute Gasteiger partial charge is 0.325 e. The van der Waals surface area contributed by atoms with Crippen molar-refractivity contribution in [1.29, 1.82) is 0 Å². The maximum Gasteiger partial charge on any atom is 0.325 e. The van der Waals surface area contributed by atoms with E-state index in [1.807, 2.05) is 30.3 Å². The summed E-state index contributed by atoms with van der Waals surface area (Å²) in [6, 6.07) is 9.47. The predicted molar refractivity (Wildman–Crippen MR) is 57.4 cm³/mol. The molecule has 0 atom stereocenters. The van der Waals surface area contributed by atoms with Crippen LogP contribution in [0.15, 0.2) is 30.3 Å². The molecule has 1 amide bonds. The number of β-lactam (4-membered cyclic amide) rings is 1. The molecule has 0 aliphatic carbocycles. The Balaban J connectivity index is 1.74. The molecule has 0 N–H and O–H groups in total. The first-order valence-electron chi connectivity index (χ1n) is 5.23. The van der Waals surface area contributed by atoms with Crippen molar-refractivity contribution in [2.24, 2.45) is 0 Å². The van der Waals surface area contributed by atoms with Gasteiger partial charge in [0.15, 0.2) is 0 Å². The topological polar surface area (TPSA) is 46.6 Å². The van der Waals surface area contributed by atoms with Crippen LogP contribution in [0.3, 0.4) is 0 Å². The number of hydrogen-bond donors (Lipinski definition) is 0. The van der Waals surface area contributed by atoms with Crippen molar-refractivity contribution in [3.8, 4) is 0 Å². The highest BCUT2D eigenvalue weighted by Crippen LogP contribution is 2.08. The fourth-order valence-electron chi connectivity index (χ4n) is 1.47. The molecule has 0 spiro atoms. The van der Waals surface area contributed by atoms with Gasteiger partial charge < -0.3 is 9.64 Å². The highest BCUT2D eigenvalue weighted by Gasteiger charge is 2.25. The fraction of sp³-hybridized carbons (Fsp3) is 0.333. The summed E-state index contributed by atoms with van der Waals surface area (Å²) < 4.78 is 5.05. The molecule has 1 aromatic rings. The number of rotatable bonds is 4. The lowest BCUT2D eigenvalue weighted by Gasteiger charge is -2.29. The lowest BCUT2D eigenvalue weighted by atomic mass is 10.2. The van der Waals surface area contributed by atoms with E-state index >= 15 is 0 Å². The Morgan fingerprint density at radius 3 is 2.62 bits per heavy atom. The quantitative estimate of drug-likeness (QED) is 0.433. The van der Waals surface area contributed by atoms with Crippen molar-refractivity contribution in [2.45, 2.75) is 13.0 Å². The summed E-state index contributed by atoms with van der Waals surface area (Å²) in [7, 11) is 0. The van der Waals surface area contributed by atoms with Gasteiger partial charge in [-0.1, -0.05) is 30.3 Å². The molecule has 0 aromatic heterocycles. The molecule has 1 aromatic carbocycles. The van der Waals surface area contributed by atoms with Crippen LogP contribution in [-0.4, -0.2) is 29.9 Å². The number of hydrogen-bond acceptors (Lipinski definition) is 3. The maximum atomic E-state index is 11.3. The van der Waals surface area contributed by atoms with Gasteiger partial charge in [-0.3, -0.25) is 9.59 Å². The van der Waals surface area contributed by atoms with Crippen LogP contribution in [0.5, 0.6) is 0 Å². The molecule has 16 heavy (non-hydrogen) atoms. The van der Waals surface area contributed by atoms with Gasteiger partial charge >= 0.3 is 5.97 Å². The van der Waals surface area contributed by atoms with Gasteiger partial charge in [-0.05, 0) is 5.56 Å². The minimum atomic E-state index is -0.350. The van der Waals surface area contributed by atoms with Gasteiger partial charge in [0.2, 0.25) is 5.91 Å². The number of ether oxygens (including phenoxy) is 1.